The lowest BCUT2D eigenvalue weighted by molar-refractivity contribution is -0.132. The molecule has 250 valence electrons. The molecule has 1 heterocycles. The van der Waals surface area contributed by atoms with Crippen LogP contribution in [0.2, 0.25) is 0 Å². The van der Waals surface area contributed by atoms with E-state index in [0.29, 0.717) is 18.0 Å². The summed E-state index contributed by atoms with van der Waals surface area (Å²) in [5.41, 5.74) is 0.797. The minimum atomic E-state index is -1.19. The molecule has 6 N–H and O–H groups in total. The van der Waals surface area contributed by atoms with Crippen molar-refractivity contribution in [2.24, 2.45) is 23.7 Å². The van der Waals surface area contributed by atoms with Crippen LogP contribution < -0.4 is 26.6 Å². The minimum absolute atomic E-state index is 0.0149. The number of rotatable bonds is 18. The van der Waals surface area contributed by atoms with E-state index >= 15 is 0 Å². The van der Waals surface area contributed by atoms with Crippen LogP contribution in [0.5, 0.6) is 0 Å². The lowest BCUT2D eigenvalue weighted by Gasteiger charge is -2.30. The van der Waals surface area contributed by atoms with Gasteiger partial charge in [0.05, 0.1) is 12.1 Å². The Morgan fingerprint density at radius 3 is 2.05 bits per heavy atom. The summed E-state index contributed by atoms with van der Waals surface area (Å²) >= 11 is 1.34. The molecule has 0 fully saturated rings. The van der Waals surface area contributed by atoms with E-state index in [-0.39, 0.29) is 49.1 Å². The van der Waals surface area contributed by atoms with Crippen molar-refractivity contribution in [3.63, 3.8) is 0 Å². The number of hydrogen-bond acceptors (Lipinski definition) is 9. The molecule has 5 unspecified atom stereocenters. The first-order chi connectivity index (χ1) is 20.5. The number of alkyl carbamates (subject to hydrolysis) is 1. The normalized spacial score (nSPS) is 14.8. The maximum atomic E-state index is 13.3. The van der Waals surface area contributed by atoms with Crippen molar-refractivity contribution < 1.29 is 33.8 Å². The van der Waals surface area contributed by atoms with Crippen LogP contribution in [0.15, 0.2) is 5.38 Å². The van der Waals surface area contributed by atoms with E-state index in [9.17, 15) is 29.1 Å². The molecule has 44 heavy (non-hydrogen) atoms. The van der Waals surface area contributed by atoms with Crippen molar-refractivity contribution >= 4 is 41.1 Å². The van der Waals surface area contributed by atoms with Crippen molar-refractivity contribution in [2.45, 2.75) is 106 Å². The number of aliphatic hydroxyl groups excluding tert-OH is 1. The molecule has 0 aliphatic rings. The van der Waals surface area contributed by atoms with E-state index in [0.717, 1.165) is 5.69 Å². The molecule has 0 spiro atoms. The Morgan fingerprint density at radius 2 is 1.52 bits per heavy atom. The topological polar surface area (TPSA) is 188 Å². The molecule has 5 atom stereocenters. The van der Waals surface area contributed by atoms with Gasteiger partial charge < -0.3 is 36.4 Å². The molecule has 1 aromatic heterocycles. The number of thiazole rings is 1. The zero-order valence-electron chi connectivity index (χ0n) is 27.5. The summed E-state index contributed by atoms with van der Waals surface area (Å²) in [5, 5.41) is 27.0. The number of aliphatic hydroxyl groups is 1. The number of carbonyl (C=O) groups excluding carboxylic acids is 5. The van der Waals surface area contributed by atoms with E-state index in [4.69, 9.17) is 4.74 Å². The molecule has 14 heteroatoms. The monoisotopic (exact) mass is 640 g/mol. The summed E-state index contributed by atoms with van der Waals surface area (Å²) < 4.78 is 5.20. The van der Waals surface area contributed by atoms with Gasteiger partial charge in [-0.3, -0.25) is 19.2 Å². The molecule has 0 saturated heterocycles. The van der Waals surface area contributed by atoms with Gasteiger partial charge in [-0.05, 0) is 37.5 Å². The van der Waals surface area contributed by atoms with Crippen molar-refractivity contribution in [2.75, 3.05) is 13.1 Å². The highest BCUT2D eigenvalue weighted by Crippen LogP contribution is 2.17. The number of nitrogens with zero attached hydrogens (tertiary/aromatic N) is 1. The Morgan fingerprint density at radius 1 is 0.864 bits per heavy atom. The summed E-state index contributed by atoms with van der Waals surface area (Å²) in [6.45, 7) is 16.5. The molecule has 5 amide bonds. The fourth-order valence-electron chi connectivity index (χ4n) is 4.22. The smallest absolute Gasteiger partial charge is 0.408 e. The third-order valence-electron chi connectivity index (χ3n) is 6.65. The second-order valence-corrected chi connectivity index (χ2v) is 13.4. The first-order valence-electron chi connectivity index (χ1n) is 15.1. The van der Waals surface area contributed by atoms with Crippen LogP contribution in [0.3, 0.4) is 0 Å². The summed E-state index contributed by atoms with van der Waals surface area (Å²) in [7, 11) is 0. The molecular formula is C30H52N6O7S. The maximum absolute atomic E-state index is 13.3. The van der Waals surface area contributed by atoms with Gasteiger partial charge in [0.2, 0.25) is 23.6 Å². The van der Waals surface area contributed by atoms with Gasteiger partial charge in [0.15, 0.2) is 0 Å². The summed E-state index contributed by atoms with van der Waals surface area (Å²) in [4.78, 5) is 67.3. The minimum Gasteiger partial charge on any atom is -0.442 e. The summed E-state index contributed by atoms with van der Waals surface area (Å²) in [6, 6.07) is -2.68. The number of aryl methyl sites for hydroxylation is 1. The summed E-state index contributed by atoms with van der Waals surface area (Å²) in [5.74, 6) is -2.18. The first-order valence-corrected chi connectivity index (χ1v) is 16.0. The highest BCUT2D eigenvalue weighted by molar-refractivity contribution is 7.09. The van der Waals surface area contributed by atoms with Crippen molar-refractivity contribution in [1.29, 1.82) is 0 Å². The predicted octanol–water partition coefficient (Wildman–Crippen LogP) is 2.01. The summed E-state index contributed by atoms with van der Waals surface area (Å²) in [6.07, 6.45) is -1.59. The van der Waals surface area contributed by atoms with Gasteiger partial charge in [0, 0.05) is 37.0 Å². The Hall–Kier alpha value is -3.26. The fourth-order valence-corrected chi connectivity index (χ4v) is 4.90. The Bertz CT molecular complexity index is 1090. The van der Waals surface area contributed by atoms with E-state index < -0.39 is 48.1 Å². The predicted molar refractivity (Wildman–Crippen MR) is 168 cm³/mol. The van der Waals surface area contributed by atoms with Crippen molar-refractivity contribution in [3.8, 4) is 0 Å². The van der Waals surface area contributed by atoms with Gasteiger partial charge in [0.25, 0.3) is 0 Å². The number of ether oxygens (including phenoxy) is 1. The Labute approximate surface area is 265 Å². The average Bonchev–Trinajstić information content (AvgIpc) is 3.34. The van der Waals surface area contributed by atoms with Crippen molar-refractivity contribution in [1.82, 2.24) is 31.6 Å². The van der Waals surface area contributed by atoms with Crippen LogP contribution in [-0.4, -0.2) is 77.1 Å². The molecule has 13 nitrogen and oxygen atoms in total. The number of amides is 5. The lowest BCUT2D eigenvalue weighted by atomic mass is 9.91. The Balaban J connectivity index is 2.91. The molecule has 1 rings (SSSR count). The van der Waals surface area contributed by atoms with Crippen LogP contribution >= 0.6 is 11.3 Å². The second-order valence-electron chi connectivity index (χ2n) is 12.4. The molecule has 0 saturated carbocycles. The van der Waals surface area contributed by atoms with Gasteiger partial charge in [-0.1, -0.05) is 48.5 Å². The first kappa shape index (κ1) is 38.8. The van der Waals surface area contributed by atoms with Gasteiger partial charge >= 0.3 is 6.09 Å². The molecular weight excluding hydrogens is 588 g/mol. The number of aromatic nitrogens is 1. The number of nitrogens with one attached hydrogen (secondary N) is 5. The average molecular weight is 641 g/mol. The van der Waals surface area contributed by atoms with Crippen LogP contribution in [-0.2, 0) is 30.5 Å². The standard InChI is InChI=1S/C30H52N6O7S/c1-16(2)10-22(24(38)11-19(7)27(39)36-26(18(5)6)29(41)32-12-17(3)4)34-28(40)23(13-31-21(9)37)35-30(42)43-14-25-33-20(8)15-44-25/h15-19,22-24,26,38H,10-14H2,1-9H3,(H,31,37)(H,32,41)(H,34,40)(H,35,42)(H,36,39). The molecule has 0 bridgehead atoms. The van der Waals surface area contributed by atoms with Crippen LogP contribution in [0.4, 0.5) is 4.79 Å². The largest absolute Gasteiger partial charge is 0.442 e. The molecule has 0 radical (unpaired) electrons. The van der Waals surface area contributed by atoms with Crippen molar-refractivity contribution in [3.05, 3.63) is 16.1 Å². The Kier molecular flexibility index (Phi) is 16.9. The third-order valence-corrected chi connectivity index (χ3v) is 7.59. The van der Waals surface area contributed by atoms with Gasteiger partial charge in [-0.2, -0.15) is 0 Å². The second kappa shape index (κ2) is 19.2. The highest BCUT2D eigenvalue weighted by atomic mass is 32.1. The molecule has 0 aliphatic heterocycles. The van der Waals surface area contributed by atoms with Crippen LogP contribution in [0.25, 0.3) is 0 Å². The SMILES string of the molecule is CC(=O)NCC(NC(=O)OCc1nc(C)cs1)C(=O)NC(CC(C)C)C(O)CC(C)C(=O)NC(C(=O)NCC(C)C)C(C)C. The third kappa shape index (κ3) is 15.0. The number of carbonyl (C=O) groups is 5. The molecule has 0 aliphatic carbocycles. The van der Waals surface area contributed by atoms with E-state index in [2.05, 4.69) is 31.6 Å². The van der Waals surface area contributed by atoms with E-state index in [1.54, 1.807) is 6.92 Å². The quantitative estimate of drug-likeness (QED) is 0.141. The fraction of sp³-hybridized carbons (Fsp3) is 0.733. The highest BCUT2D eigenvalue weighted by Gasteiger charge is 2.32. The van der Waals surface area contributed by atoms with Gasteiger partial charge in [0.1, 0.15) is 23.7 Å². The maximum Gasteiger partial charge on any atom is 0.408 e. The van der Waals surface area contributed by atoms with Crippen LogP contribution in [0.1, 0.15) is 78.9 Å². The zero-order valence-corrected chi connectivity index (χ0v) is 28.3. The van der Waals surface area contributed by atoms with Crippen LogP contribution in [0, 0.1) is 30.6 Å². The van der Waals surface area contributed by atoms with Gasteiger partial charge in [-0.15, -0.1) is 11.3 Å². The van der Waals surface area contributed by atoms with E-state index in [1.165, 1.54) is 18.3 Å². The number of hydrogen-bond donors (Lipinski definition) is 6. The molecule has 1 aromatic rings. The zero-order chi connectivity index (χ0) is 33.6. The molecule has 0 aromatic carbocycles. The lowest BCUT2D eigenvalue weighted by Crippen LogP contribution is -2.56. The van der Waals surface area contributed by atoms with E-state index in [1.807, 2.05) is 53.8 Å². The van der Waals surface area contributed by atoms with Gasteiger partial charge in [-0.25, -0.2) is 9.78 Å².